The maximum Gasteiger partial charge on any atom is 0.0103 e. The number of rotatable bonds is 4. The minimum absolute atomic E-state index is 0.621. The van der Waals surface area contributed by atoms with E-state index in [1.165, 1.54) is 0 Å². The fourth-order valence-corrected chi connectivity index (χ4v) is 1.16. The highest BCUT2D eigenvalue weighted by atomic mass is 14.9. The van der Waals surface area contributed by atoms with E-state index in [9.17, 15) is 0 Å². The normalized spacial score (nSPS) is 12.5. The van der Waals surface area contributed by atoms with Crippen molar-refractivity contribution in [2.24, 2.45) is 5.92 Å². The quantitative estimate of drug-likeness (QED) is 0.609. The first-order chi connectivity index (χ1) is 5.22. The predicted molar refractivity (Wildman–Crippen MR) is 50.4 cm³/mol. The number of nitrogens with one attached hydrogen (secondary N) is 1. The summed E-state index contributed by atoms with van der Waals surface area (Å²) in [5.74, 6) is 6.69. The fraction of sp³-hybridized carbons (Fsp3) is 0.800. The molecule has 0 amide bonds. The molecule has 1 N–H and O–H groups in total. The standard InChI is InChI=1S/C10H19N/c1-5-6-7-8-10(11-4)9(2)3/h9-11H,7-8H2,1-4H3. The van der Waals surface area contributed by atoms with Crippen LogP contribution in [0.15, 0.2) is 0 Å². The zero-order valence-electron chi connectivity index (χ0n) is 8.07. The minimum Gasteiger partial charge on any atom is -0.317 e. The zero-order chi connectivity index (χ0) is 8.69. The van der Waals surface area contributed by atoms with Gasteiger partial charge < -0.3 is 5.32 Å². The van der Waals surface area contributed by atoms with E-state index in [2.05, 4.69) is 31.0 Å². The van der Waals surface area contributed by atoms with Crippen LogP contribution in [0.25, 0.3) is 0 Å². The molecule has 0 aliphatic heterocycles. The van der Waals surface area contributed by atoms with Crippen LogP contribution >= 0.6 is 0 Å². The second kappa shape index (κ2) is 6.24. The summed E-state index contributed by atoms with van der Waals surface area (Å²) in [6, 6.07) is 0.621. The highest BCUT2D eigenvalue weighted by Crippen LogP contribution is 2.06. The van der Waals surface area contributed by atoms with E-state index in [0.717, 1.165) is 12.8 Å². The molecule has 1 nitrogen and oxygen atoms in total. The Hall–Kier alpha value is -0.480. The van der Waals surface area contributed by atoms with E-state index in [0.29, 0.717) is 12.0 Å². The van der Waals surface area contributed by atoms with Crippen molar-refractivity contribution in [3.8, 4) is 11.8 Å². The lowest BCUT2D eigenvalue weighted by Crippen LogP contribution is -2.30. The Bertz CT molecular complexity index is 139. The van der Waals surface area contributed by atoms with E-state index >= 15 is 0 Å². The second-order valence-electron chi connectivity index (χ2n) is 3.10. The maximum absolute atomic E-state index is 3.29. The monoisotopic (exact) mass is 153 g/mol. The molecular weight excluding hydrogens is 134 g/mol. The molecular formula is C10H19N. The Kier molecular flexibility index (Phi) is 5.97. The first-order valence-electron chi connectivity index (χ1n) is 4.29. The summed E-state index contributed by atoms with van der Waals surface area (Å²) in [5, 5.41) is 3.29. The van der Waals surface area contributed by atoms with Gasteiger partial charge in [0.05, 0.1) is 0 Å². The van der Waals surface area contributed by atoms with Crippen LogP contribution in [0.3, 0.4) is 0 Å². The Morgan fingerprint density at radius 2 is 2.00 bits per heavy atom. The molecule has 64 valence electrons. The van der Waals surface area contributed by atoms with Crippen molar-refractivity contribution in [3.63, 3.8) is 0 Å². The van der Waals surface area contributed by atoms with E-state index in [4.69, 9.17) is 0 Å². The molecule has 1 atom stereocenters. The van der Waals surface area contributed by atoms with Gasteiger partial charge in [-0.2, -0.15) is 0 Å². The van der Waals surface area contributed by atoms with Crippen LogP contribution in [0.4, 0.5) is 0 Å². The molecule has 0 heterocycles. The van der Waals surface area contributed by atoms with Gasteiger partial charge in [0.15, 0.2) is 0 Å². The summed E-state index contributed by atoms with van der Waals surface area (Å²) >= 11 is 0. The highest BCUT2D eigenvalue weighted by Gasteiger charge is 2.08. The third-order valence-electron chi connectivity index (χ3n) is 1.93. The average molecular weight is 153 g/mol. The van der Waals surface area contributed by atoms with E-state index in [1.54, 1.807) is 0 Å². The van der Waals surface area contributed by atoms with Crippen LogP contribution in [0.5, 0.6) is 0 Å². The van der Waals surface area contributed by atoms with Crippen molar-refractivity contribution >= 4 is 0 Å². The first kappa shape index (κ1) is 10.5. The third-order valence-corrected chi connectivity index (χ3v) is 1.93. The van der Waals surface area contributed by atoms with Gasteiger partial charge in [-0.05, 0) is 26.3 Å². The van der Waals surface area contributed by atoms with Crippen LogP contribution in [0.2, 0.25) is 0 Å². The lowest BCUT2D eigenvalue weighted by molar-refractivity contribution is 0.407. The van der Waals surface area contributed by atoms with Gasteiger partial charge in [-0.25, -0.2) is 0 Å². The lowest BCUT2D eigenvalue weighted by Gasteiger charge is -2.18. The average Bonchev–Trinajstić information content (AvgIpc) is 1.97. The van der Waals surface area contributed by atoms with Crippen molar-refractivity contribution in [1.82, 2.24) is 5.32 Å². The van der Waals surface area contributed by atoms with Crippen molar-refractivity contribution in [2.75, 3.05) is 7.05 Å². The van der Waals surface area contributed by atoms with Gasteiger partial charge >= 0.3 is 0 Å². The number of hydrogen-bond acceptors (Lipinski definition) is 1. The molecule has 0 radical (unpaired) electrons. The van der Waals surface area contributed by atoms with Gasteiger partial charge in [-0.15, -0.1) is 11.8 Å². The largest absolute Gasteiger partial charge is 0.317 e. The number of hydrogen-bond donors (Lipinski definition) is 1. The molecule has 0 spiro atoms. The summed E-state index contributed by atoms with van der Waals surface area (Å²) in [6.07, 6.45) is 2.18. The third kappa shape index (κ3) is 4.86. The van der Waals surface area contributed by atoms with Crippen LogP contribution in [0, 0.1) is 17.8 Å². The van der Waals surface area contributed by atoms with Crippen molar-refractivity contribution in [1.29, 1.82) is 0 Å². The van der Waals surface area contributed by atoms with Gasteiger partial charge in [-0.1, -0.05) is 13.8 Å². The summed E-state index contributed by atoms with van der Waals surface area (Å²) in [5.41, 5.74) is 0. The minimum atomic E-state index is 0.621. The van der Waals surface area contributed by atoms with E-state index in [-0.39, 0.29) is 0 Å². The summed E-state index contributed by atoms with van der Waals surface area (Å²) < 4.78 is 0. The van der Waals surface area contributed by atoms with Gasteiger partial charge in [0.1, 0.15) is 0 Å². The van der Waals surface area contributed by atoms with Gasteiger partial charge in [0.2, 0.25) is 0 Å². The summed E-state index contributed by atoms with van der Waals surface area (Å²) in [6.45, 7) is 6.37. The van der Waals surface area contributed by atoms with Gasteiger partial charge in [0, 0.05) is 12.5 Å². The SMILES string of the molecule is CC#CCCC(NC)C(C)C. The first-order valence-corrected chi connectivity index (χ1v) is 4.29. The predicted octanol–water partition coefficient (Wildman–Crippen LogP) is 2.03. The van der Waals surface area contributed by atoms with E-state index in [1.807, 2.05) is 14.0 Å². The van der Waals surface area contributed by atoms with Crippen LogP contribution in [-0.4, -0.2) is 13.1 Å². The topological polar surface area (TPSA) is 12.0 Å². The molecule has 0 bridgehead atoms. The van der Waals surface area contributed by atoms with Crippen molar-refractivity contribution in [2.45, 2.75) is 39.7 Å². The van der Waals surface area contributed by atoms with E-state index < -0.39 is 0 Å². The Balaban J connectivity index is 3.58. The summed E-state index contributed by atoms with van der Waals surface area (Å²) in [7, 11) is 2.02. The molecule has 1 heteroatoms. The molecule has 1 unspecified atom stereocenters. The van der Waals surface area contributed by atoms with Crippen molar-refractivity contribution < 1.29 is 0 Å². The molecule has 0 saturated heterocycles. The molecule has 0 saturated carbocycles. The molecule has 11 heavy (non-hydrogen) atoms. The zero-order valence-corrected chi connectivity index (χ0v) is 8.07. The molecule has 0 aliphatic rings. The van der Waals surface area contributed by atoms with Crippen LogP contribution in [0.1, 0.15) is 33.6 Å². The van der Waals surface area contributed by atoms with Crippen molar-refractivity contribution in [3.05, 3.63) is 0 Å². The highest BCUT2D eigenvalue weighted by molar-refractivity contribution is 4.95. The summed E-state index contributed by atoms with van der Waals surface area (Å²) in [4.78, 5) is 0. The molecule has 0 rings (SSSR count). The van der Waals surface area contributed by atoms with Gasteiger partial charge in [-0.3, -0.25) is 0 Å². The molecule has 0 fully saturated rings. The fourth-order valence-electron chi connectivity index (χ4n) is 1.16. The smallest absolute Gasteiger partial charge is 0.0103 e. The van der Waals surface area contributed by atoms with Gasteiger partial charge in [0.25, 0.3) is 0 Å². The molecule has 0 aromatic heterocycles. The molecule has 0 aromatic carbocycles. The van der Waals surface area contributed by atoms with Crippen LogP contribution < -0.4 is 5.32 Å². The van der Waals surface area contributed by atoms with Crippen LogP contribution in [-0.2, 0) is 0 Å². The molecule has 0 aromatic rings. The Labute approximate surface area is 70.6 Å². The molecule has 0 aliphatic carbocycles. The second-order valence-corrected chi connectivity index (χ2v) is 3.10. The Morgan fingerprint density at radius 1 is 1.36 bits per heavy atom. The lowest BCUT2D eigenvalue weighted by atomic mass is 10.00. The Morgan fingerprint density at radius 3 is 2.36 bits per heavy atom. The maximum atomic E-state index is 3.29.